The van der Waals surface area contributed by atoms with Crippen LogP contribution in [0.25, 0.3) is 0 Å². The summed E-state index contributed by atoms with van der Waals surface area (Å²) >= 11 is 0. The molecule has 0 heterocycles. The minimum Gasteiger partial charge on any atom is -0.462 e. The van der Waals surface area contributed by atoms with Crippen molar-refractivity contribution in [2.75, 3.05) is 13.2 Å². The van der Waals surface area contributed by atoms with E-state index in [1.165, 1.54) is 148 Å². The highest BCUT2D eigenvalue weighted by atomic mass is 16.6. The zero-order chi connectivity index (χ0) is 53.6. The van der Waals surface area contributed by atoms with Gasteiger partial charge >= 0.3 is 17.9 Å². The molecule has 0 saturated heterocycles. The minimum absolute atomic E-state index is 0.107. The molecule has 1 unspecified atom stereocenters. The van der Waals surface area contributed by atoms with Crippen LogP contribution in [0, 0.1) is 0 Å². The molecule has 0 aromatic heterocycles. The molecular formula is C68H114O6. The zero-order valence-corrected chi connectivity index (χ0v) is 48.3. The van der Waals surface area contributed by atoms with Gasteiger partial charge in [0.1, 0.15) is 13.2 Å². The summed E-state index contributed by atoms with van der Waals surface area (Å²) in [6, 6.07) is 0. The molecule has 0 aliphatic heterocycles. The number of rotatable bonds is 55. The van der Waals surface area contributed by atoms with Crippen molar-refractivity contribution in [2.24, 2.45) is 0 Å². The molecule has 6 heteroatoms. The maximum absolute atomic E-state index is 12.9. The fraction of sp³-hybridized carbons (Fsp3) is 0.691. The summed E-state index contributed by atoms with van der Waals surface area (Å²) in [6.45, 7) is 6.35. The Balaban J connectivity index is 4.39. The number of ether oxygens (including phenoxy) is 3. The van der Waals surface area contributed by atoms with Gasteiger partial charge in [0, 0.05) is 12.8 Å². The molecule has 0 aromatic carbocycles. The second-order valence-corrected chi connectivity index (χ2v) is 20.2. The van der Waals surface area contributed by atoms with Crippen molar-refractivity contribution in [1.82, 2.24) is 0 Å². The van der Waals surface area contributed by atoms with Crippen LogP contribution in [0.3, 0.4) is 0 Å². The van der Waals surface area contributed by atoms with E-state index in [2.05, 4.69) is 118 Å². The van der Waals surface area contributed by atoms with E-state index in [0.717, 1.165) is 96.3 Å². The first-order chi connectivity index (χ1) is 36.5. The van der Waals surface area contributed by atoms with E-state index in [1.807, 2.05) is 6.08 Å². The van der Waals surface area contributed by atoms with Crippen LogP contribution in [0.1, 0.15) is 284 Å². The van der Waals surface area contributed by atoms with Crippen molar-refractivity contribution in [2.45, 2.75) is 290 Å². The lowest BCUT2D eigenvalue weighted by molar-refractivity contribution is -0.166. The predicted molar refractivity (Wildman–Crippen MR) is 320 cm³/mol. The SMILES string of the molecule is CC/C=C\C/C=C\C/C=C\C/C=C\C/C=C\CC(=O)OCC(COC(=O)CCCCCCCCCCCCCC/C=C\C/C=C\C/C=C\C/C=C\CC)OC(=O)CCCCCCCCCCCCCCCCCC. The van der Waals surface area contributed by atoms with Crippen molar-refractivity contribution < 1.29 is 28.6 Å². The van der Waals surface area contributed by atoms with Crippen molar-refractivity contribution in [3.63, 3.8) is 0 Å². The van der Waals surface area contributed by atoms with Crippen LogP contribution in [-0.2, 0) is 28.6 Å². The molecule has 0 amide bonds. The second kappa shape index (κ2) is 61.6. The summed E-state index contributed by atoms with van der Waals surface area (Å²) in [5.74, 6) is -1.04. The molecule has 6 nitrogen and oxygen atoms in total. The number of carbonyl (C=O) groups is 3. The van der Waals surface area contributed by atoms with Gasteiger partial charge in [-0.3, -0.25) is 14.4 Å². The van der Waals surface area contributed by atoms with Gasteiger partial charge < -0.3 is 14.2 Å². The molecule has 0 N–H and O–H groups in total. The molecule has 0 radical (unpaired) electrons. The average Bonchev–Trinajstić information content (AvgIpc) is 3.40. The number of unbranched alkanes of at least 4 members (excludes halogenated alkanes) is 27. The molecule has 0 rings (SSSR count). The van der Waals surface area contributed by atoms with Crippen LogP contribution < -0.4 is 0 Å². The summed E-state index contributed by atoms with van der Waals surface area (Å²) < 4.78 is 16.8. The number of hydrogen-bond acceptors (Lipinski definition) is 6. The normalized spacial score (nSPS) is 12.9. The zero-order valence-electron chi connectivity index (χ0n) is 48.3. The van der Waals surface area contributed by atoms with E-state index >= 15 is 0 Å². The molecule has 0 saturated carbocycles. The quantitative estimate of drug-likeness (QED) is 0.0261. The summed E-state index contributed by atoms with van der Waals surface area (Å²) in [4.78, 5) is 38.2. The Morgan fingerprint density at radius 2 is 0.581 bits per heavy atom. The van der Waals surface area contributed by atoms with Crippen molar-refractivity contribution in [3.8, 4) is 0 Å². The first-order valence-corrected chi connectivity index (χ1v) is 30.9. The minimum atomic E-state index is -0.819. The third-order valence-electron chi connectivity index (χ3n) is 13.1. The highest BCUT2D eigenvalue weighted by molar-refractivity contribution is 5.72. The van der Waals surface area contributed by atoms with Gasteiger partial charge in [-0.15, -0.1) is 0 Å². The summed E-state index contributed by atoms with van der Waals surface area (Å²) in [5, 5.41) is 0. The van der Waals surface area contributed by atoms with E-state index in [0.29, 0.717) is 12.8 Å². The predicted octanol–water partition coefficient (Wildman–Crippen LogP) is 21.0. The van der Waals surface area contributed by atoms with Crippen LogP contribution in [0.2, 0.25) is 0 Å². The van der Waals surface area contributed by atoms with E-state index in [1.54, 1.807) is 6.08 Å². The fourth-order valence-corrected chi connectivity index (χ4v) is 8.51. The molecule has 0 aromatic rings. The Kier molecular flexibility index (Phi) is 58.3. The summed E-state index contributed by atoms with van der Waals surface area (Å²) in [7, 11) is 0. The third kappa shape index (κ3) is 59.0. The Hall–Kier alpha value is -3.93. The topological polar surface area (TPSA) is 78.9 Å². The van der Waals surface area contributed by atoms with Gasteiger partial charge in [-0.1, -0.05) is 291 Å². The van der Waals surface area contributed by atoms with Crippen LogP contribution >= 0.6 is 0 Å². The highest BCUT2D eigenvalue weighted by Crippen LogP contribution is 2.16. The molecule has 422 valence electrons. The largest absolute Gasteiger partial charge is 0.462 e. The molecule has 0 bridgehead atoms. The molecule has 0 fully saturated rings. The Bertz CT molecular complexity index is 1510. The van der Waals surface area contributed by atoms with E-state index < -0.39 is 12.1 Å². The van der Waals surface area contributed by atoms with Gasteiger partial charge in [0.25, 0.3) is 0 Å². The number of allylic oxidation sites excluding steroid dienone is 17. The molecule has 74 heavy (non-hydrogen) atoms. The smallest absolute Gasteiger partial charge is 0.309 e. The lowest BCUT2D eigenvalue weighted by Crippen LogP contribution is -2.30. The lowest BCUT2D eigenvalue weighted by Gasteiger charge is -2.18. The number of hydrogen-bond donors (Lipinski definition) is 0. The molecule has 0 aliphatic rings. The van der Waals surface area contributed by atoms with Gasteiger partial charge in [0.2, 0.25) is 0 Å². The van der Waals surface area contributed by atoms with Gasteiger partial charge in [-0.05, 0) is 83.5 Å². The first-order valence-electron chi connectivity index (χ1n) is 30.9. The molecule has 0 spiro atoms. The molecular weight excluding hydrogens is 913 g/mol. The first kappa shape index (κ1) is 70.1. The number of esters is 3. The van der Waals surface area contributed by atoms with Crippen LogP contribution in [0.5, 0.6) is 0 Å². The maximum Gasteiger partial charge on any atom is 0.309 e. The van der Waals surface area contributed by atoms with E-state index in [9.17, 15) is 14.4 Å². The van der Waals surface area contributed by atoms with Crippen LogP contribution in [0.4, 0.5) is 0 Å². The summed E-state index contributed by atoms with van der Waals surface area (Å²) in [6.07, 6.45) is 84.0. The van der Waals surface area contributed by atoms with Gasteiger partial charge in [0.05, 0.1) is 6.42 Å². The van der Waals surface area contributed by atoms with Gasteiger partial charge in [-0.25, -0.2) is 0 Å². The lowest BCUT2D eigenvalue weighted by atomic mass is 10.0. The molecule has 1 atom stereocenters. The average molecular weight is 1030 g/mol. The Morgan fingerprint density at radius 3 is 0.946 bits per heavy atom. The van der Waals surface area contributed by atoms with Crippen molar-refractivity contribution >= 4 is 17.9 Å². The monoisotopic (exact) mass is 1030 g/mol. The van der Waals surface area contributed by atoms with E-state index in [4.69, 9.17) is 14.2 Å². The van der Waals surface area contributed by atoms with Gasteiger partial charge in [-0.2, -0.15) is 0 Å². The summed E-state index contributed by atoms with van der Waals surface area (Å²) in [5.41, 5.74) is 0. The van der Waals surface area contributed by atoms with Gasteiger partial charge in [0.15, 0.2) is 6.10 Å². The Labute approximate surface area is 457 Å². The van der Waals surface area contributed by atoms with E-state index in [-0.39, 0.29) is 31.6 Å². The Morgan fingerprint density at radius 1 is 0.297 bits per heavy atom. The van der Waals surface area contributed by atoms with Crippen molar-refractivity contribution in [3.05, 3.63) is 109 Å². The van der Waals surface area contributed by atoms with Crippen LogP contribution in [-0.4, -0.2) is 37.2 Å². The van der Waals surface area contributed by atoms with Crippen LogP contribution in [0.15, 0.2) is 109 Å². The number of carbonyl (C=O) groups excluding carboxylic acids is 3. The second-order valence-electron chi connectivity index (χ2n) is 20.2. The van der Waals surface area contributed by atoms with Crippen molar-refractivity contribution in [1.29, 1.82) is 0 Å². The third-order valence-corrected chi connectivity index (χ3v) is 13.1. The standard InChI is InChI=1S/C68H114O6/c1-4-7-10-13-16-19-22-25-28-30-31-32-33-34-35-36-37-38-41-43-46-49-52-55-58-61-67(70)73-64-65(63-72-66(69)60-57-54-51-48-45-42-39-27-24-21-18-15-12-9-6-3)74-68(71)62-59-56-53-50-47-44-40-29-26-23-20-17-14-11-8-5-2/h7,9-10,12,16,18-19,21,25,27-28,31-32,39,45,48,54,57,65H,4-6,8,11,13-15,17,20,22-24,26,29-30,33-38,40-44,46-47,49-53,55-56,58-64H2,1-3H3/b10-7-,12-9-,19-16-,21-18-,28-25-,32-31-,39-27-,48-45-,57-54-. The highest BCUT2D eigenvalue weighted by Gasteiger charge is 2.19. The maximum atomic E-state index is 12.9. The fourth-order valence-electron chi connectivity index (χ4n) is 8.51. The molecule has 0 aliphatic carbocycles.